The van der Waals surface area contributed by atoms with Gasteiger partial charge in [-0.15, -0.1) is 0 Å². The highest BCUT2D eigenvalue weighted by Crippen LogP contribution is 2.40. The molecule has 0 fully saturated rings. The highest BCUT2D eigenvalue weighted by atomic mass is 16.2. The van der Waals surface area contributed by atoms with Crippen LogP contribution in [0.4, 0.5) is 16.3 Å². The first-order chi connectivity index (χ1) is 16.7. The summed E-state index contributed by atoms with van der Waals surface area (Å²) >= 11 is 0. The van der Waals surface area contributed by atoms with Gasteiger partial charge < -0.3 is 25.8 Å². The molecule has 9 nitrogen and oxygen atoms in total. The number of amides is 3. The van der Waals surface area contributed by atoms with Crippen molar-refractivity contribution < 1.29 is 9.59 Å². The standard InChI is InChI=1S/C26H33N7O2/c1-26(2)22-20(23(31-30-22)29-24(34)18-11-13-19(27-3)14-12-18)15-33(26)25(35)28-21(16-32(4)5)17-9-7-6-8-10-17/h6-14,21,27H,15-16H2,1-5H3,(H,28,35)(H2,29,30,31,34). The van der Waals surface area contributed by atoms with Crippen LogP contribution in [0.3, 0.4) is 0 Å². The molecular formula is C26H33N7O2. The van der Waals surface area contributed by atoms with E-state index in [0.717, 1.165) is 22.5 Å². The number of hydrogen-bond acceptors (Lipinski definition) is 5. The van der Waals surface area contributed by atoms with Crippen LogP contribution in [0.25, 0.3) is 0 Å². The molecule has 4 N–H and O–H groups in total. The Bertz CT molecular complexity index is 1190. The van der Waals surface area contributed by atoms with Crippen molar-refractivity contribution >= 4 is 23.4 Å². The topological polar surface area (TPSA) is 105 Å². The van der Waals surface area contributed by atoms with E-state index >= 15 is 0 Å². The Hall–Kier alpha value is -3.85. The summed E-state index contributed by atoms with van der Waals surface area (Å²) in [6.45, 7) is 4.96. The van der Waals surface area contributed by atoms with Gasteiger partial charge in [-0.2, -0.15) is 5.10 Å². The van der Waals surface area contributed by atoms with E-state index in [2.05, 4.69) is 31.0 Å². The normalized spacial score (nSPS) is 15.0. The molecule has 0 aliphatic carbocycles. The van der Waals surface area contributed by atoms with Gasteiger partial charge in [-0.3, -0.25) is 9.89 Å². The van der Waals surface area contributed by atoms with Crippen LogP contribution in [-0.4, -0.2) is 59.6 Å². The summed E-state index contributed by atoms with van der Waals surface area (Å²) < 4.78 is 0. The Kier molecular flexibility index (Phi) is 6.79. The van der Waals surface area contributed by atoms with Crippen molar-refractivity contribution in [3.63, 3.8) is 0 Å². The third-order valence-corrected chi connectivity index (χ3v) is 6.43. The summed E-state index contributed by atoms with van der Waals surface area (Å²) in [5.74, 6) is 0.191. The molecule has 3 amide bonds. The van der Waals surface area contributed by atoms with Crippen LogP contribution >= 0.6 is 0 Å². The van der Waals surface area contributed by atoms with E-state index in [1.807, 2.05) is 77.5 Å². The van der Waals surface area contributed by atoms with Gasteiger partial charge in [0.1, 0.15) is 0 Å². The number of carbonyl (C=O) groups excluding carboxylic acids is 2. The van der Waals surface area contributed by atoms with E-state index in [-0.39, 0.29) is 18.0 Å². The molecule has 0 radical (unpaired) electrons. The van der Waals surface area contributed by atoms with Gasteiger partial charge in [0.25, 0.3) is 5.91 Å². The lowest BCUT2D eigenvalue weighted by atomic mass is 10.0. The first-order valence-corrected chi connectivity index (χ1v) is 11.7. The maximum absolute atomic E-state index is 13.5. The van der Waals surface area contributed by atoms with Crippen molar-refractivity contribution in [2.75, 3.05) is 38.3 Å². The predicted octanol–water partition coefficient (Wildman–Crippen LogP) is 3.77. The number of aromatic amines is 1. The molecule has 4 rings (SSSR count). The Morgan fingerprint density at radius 2 is 1.80 bits per heavy atom. The number of anilines is 2. The van der Waals surface area contributed by atoms with Gasteiger partial charge in [0.2, 0.25) is 0 Å². The van der Waals surface area contributed by atoms with Crippen LogP contribution in [0.1, 0.15) is 47.1 Å². The molecule has 0 bridgehead atoms. The van der Waals surface area contributed by atoms with Gasteiger partial charge >= 0.3 is 6.03 Å². The zero-order valence-corrected chi connectivity index (χ0v) is 20.8. The Labute approximate surface area is 205 Å². The first kappa shape index (κ1) is 24.3. The van der Waals surface area contributed by atoms with Crippen LogP contribution in [0, 0.1) is 0 Å². The minimum atomic E-state index is -0.622. The van der Waals surface area contributed by atoms with E-state index in [0.29, 0.717) is 24.5 Å². The molecule has 2 aromatic carbocycles. The monoisotopic (exact) mass is 475 g/mol. The zero-order chi connectivity index (χ0) is 25.2. The van der Waals surface area contributed by atoms with E-state index in [9.17, 15) is 9.59 Å². The fourth-order valence-corrected chi connectivity index (χ4v) is 4.42. The smallest absolute Gasteiger partial charge is 0.319 e. The van der Waals surface area contributed by atoms with Crippen LogP contribution in [0.15, 0.2) is 54.6 Å². The fraction of sp³-hybridized carbons (Fsp3) is 0.346. The Balaban J connectivity index is 1.51. The van der Waals surface area contributed by atoms with Gasteiger partial charge in [0, 0.05) is 30.4 Å². The SMILES string of the molecule is CNc1ccc(C(=O)Nc2n[nH]c3c2CN(C(=O)NC(CN(C)C)c2ccccc2)C3(C)C)cc1. The lowest BCUT2D eigenvalue weighted by molar-refractivity contribution is 0.102. The molecule has 3 aromatic rings. The van der Waals surface area contributed by atoms with Crippen LogP contribution in [0.5, 0.6) is 0 Å². The van der Waals surface area contributed by atoms with Crippen LogP contribution in [-0.2, 0) is 12.1 Å². The molecule has 0 spiro atoms. The Morgan fingerprint density at radius 1 is 1.11 bits per heavy atom. The van der Waals surface area contributed by atoms with E-state index in [4.69, 9.17) is 0 Å². The summed E-state index contributed by atoms with van der Waals surface area (Å²) in [6, 6.07) is 16.8. The highest BCUT2D eigenvalue weighted by molar-refractivity contribution is 6.04. The zero-order valence-electron chi connectivity index (χ0n) is 20.8. The minimum absolute atomic E-state index is 0.161. The number of hydrogen-bond donors (Lipinski definition) is 4. The molecule has 35 heavy (non-hydrogen) atoms. The van der Waals surface area contributed by atoms with Crippen molar-refractivity contribution in [3.8, 4) is 0 Å². The average Bonchev–Trinajstić information content (AvgIpc) is 3.36. The number of H-pyrrole nitrogens is 1. The van der Waals surface area contributed by atoms with Gasteiger partial charge in [-0.25, -0.2) is 4.79 Å². The second-order valence-corrected chi connectivity index (χ2v) is 9.53. The number of urea groups is 1. The third-order valence-electron chi connectivity index (χ3n) is 6.43. The lowest BCUT2D eigenvalue weighted by Gasteiger charge is -2.34. The molecule has 1 aliphatic rings. The Morgan fingerprint density at radius 3 is 2.43 bits per heavy atom. The number of nitrogens with zero attached hydrogens (tertiary/aromatic N) is 3. The molecular weight excluding hydrogens is 442 g/mol. The van der Waals surface area contributed by atoms with Crippen molar-refractivity contribution in [1.82, 2.24) is 25.3 Å². The maximum Gasteiger partial charge on any atom is 0.319 e. The number of likely N-dealkylation sites (N-methyl/N-ethyl adjacent to an activating group) is 1. The largest absolute Gasteiger partial charge is 0.388 e. The maximum atomic E-state index is 13.5. The van der Waals surface area contributed by atoms with E-state index in [1.54, 1.807) is 17.0 Å². The fourth-order valence-electron chi connectivity index (χ4n) is 4.42. The molecule has 9 heteroatoms. The van der Waals surface area contributed by atoms with Gasteiger partial charge in [-0.1, -0.05) is 30.3 Å². The van der Waals surface area contributed by atoms with Gasteiger partial charge in [0.15, 0.2) is 5.82 Å². The van der Waals surface area contributed by atoms with Gasteiger partial charge in [0.05, 0.1) is 23.8 Å². The number of benzene rings is 2. The minimum Gasteiger partial charge on any atom is -0.388 e. The molecule has 0 saturated heterocycles. The van der Waals surface area contributed by atoms with Crippen molar-refractivity contribution in [2.45, 2.75) is 32.0 Å². The van der Waals surface area contributed by atoms with Crippen molar-refractivity contribution in [2.24, 2.45) is 0 Å². The van der Waals surface area contributed by atoms with E-state index in [1.165, 1.54) is 0 Å². The summed E-state index contributed by atoms with van der Waals surface area (Å²) in [6.07, 6.45) is 0. The van der Waals surface area contributed by atoms with Crippen molar-refractivity contribution in [1.29, 1.82) is 0 Å². The lowest BCUT2D eigenvalue weighted by Crippen LogP contribution is -2.48. The average molecular weight is 476 g/mol. The first-order valence-electron chi connectivity index (χ1n) is 11.7. The quantitative estimate of drug-likeness (QED) is 0.416. The number of nitrogens with one attached hydrogen (secondary N) is 4. The second kappa shape index (κ2) is 9.79. The molecule has 1 aliphatic heterocycles. The van der Waals surface area contributed by atoms with Gasteiger partial charge in [-0.05, 0) is 57.8 Å². The second-order valence-electron chi connectivity index (χ2n) is 9.53. The molecule has 0 saturated carbocycles. The van der Waals surface area contributed by atoms with E-state index < -0.39 is 5.54 Å². The highest BCUT2D eigenvalue weighted by Gasteiger charge is 2.44. The summed E-state index contributed by atoms with van der Waals surface area (Å²) in [5.41, 5.74) is 3.51. The molecule has 184 valence electrons. The third kappa shape index (κ3) is 5.00. The number of rotatable bonds is 7. The number of aromatic nitrogens is 2. The molecule has 1 atom stereocenters. The molecule has 1 aromatic heterocycles. The van der Waals surface area contributed by atoms with Crippen molar-refractivity contribution in [3.05, 3.63) is 77.0 Å². The number of fused-ring (bicyclic) bond motifs is 1. The van der Waals surface area contributed by atoms with Crippen LogP contribution < -0.4 is 16.0 Å². The molecule has 2 heterocycles. The summed E-state index contributed by atoms with van der Waals surface area (Å²) in [5, 5.41) is 16.5. The molecule has 1 unspecified atom stereocenters. The number of carbonyl (C=O) groups is 2. The predicted molar refractivity (Wildman–Crippen MR) is 137 cm³/mol. The van der Waals surface area contributed by atoms with Crippen LogP contribution in [0.2, 0.25) is 0 Å². The summed E-state index contributed by atoms with van der Waals surface area (Å²) in [7, 11) is 5.80. The summed E-state index contributed by atoms with van der Waals surface area (Å²) in [4.78, 5) is 30.1.